The van der Waals surface area contributed by atoms with Gasteiger partial charge in [-0.2, -0.15) is 0 Å². The molecule has 0 aromatic rings. The number of imide groups is 2. The van der Waals surface area contributed by atoms with Crippen molar-refractivity contribution in [3.8, 4) is 0 Å². The van der Waals surface area contributed by atoms with Gasteiger partial charge in [0.15, 0.2) is 6.61 Å². The van der Waals surface area contributed by atoms with Gasteiger partial charge in [-0.15, -0.1) is 0 Å². The number of allylic oxidation sites excluding steroid dienone is 2. The molecule has 3 atom stereocenters. The number of ether oxygens (including phenoxy) is 1. The number of fused-ring (bicyclic) bond motifs is 1. The number of carbonyl (C=O) groups is 5. The minimum absolute atomic E-state index is 0.221. The van der Waals surface area contributed by atoms with Crippen molar-refractivity contribution in [1.29, 1.82) is 0 Å². The summed E-state index contributed by atoms with van der Waals surface area (Å²) in [5.41, 5.74) is 0. The van der Waals surface area contributed by atoms with Crippen LogP contribution in [0.3, 0.4) is 0 Å². The smallest absolute Gasteiger partial charge is 0.329 e. The van der Waals surface area contributed by atoms with Crippen LogP contribution in [0, 0.1) is 17.8 Å². The molecule has 27 heavy (non-hydrogen) atoms. The minimum Gasteiger partial charge on any atom is -0.454 e. The van der Waals surface area contributed by atoms with Crippen LogP contribution in [0.25, 0.3) is 0 Å². The van der Waals surface area contributed by atoms with Crippen molar-refractivity contribution in [3.63, 3.8) is 0 Å². The Morgan fingerprint density at radius 3 is 2.19 bits per heavy atom. The summed E-state index contributed by atoms with van der Waals surface area (Å²) in [7, 11) is 0. The van der Waals surface area contributed by atoms with Crippen molar-refractivity contribution < 1.29 is 28.7 Å². The Morgan fingerprint density at radius 2 is 1.67 bits per heavy atom. The van der Waals surface area contributed by atoms with Gasteiger partial charge < -0.3 is 10.1 Å². The molecule has 0 bridgehead atoms. The molecule has 5 amide bonds. The Balaban J connectivity index is 1.83. The number of carbonyl (C=O) groups excluding carboxylic acids is 5. The second-order valence-corrected chi connectivity index (χ2v) is 7.14. The maximum absolute atomic E-state index is 12.4. The Labute approximate surface area is 157 Å². The van der Waals surface area contributed by atoms with Crippen molar-refractivity contribution in [1.82, 2.24) is 15.5 Å². The monoisotopic (exact) mass is 379 g/mol. The van der Waals surface area contributed by atoms with Crippen molar-refractivity contribution in [2.24, 2.45) is 17.8 Å². The number of hydrogen-bond donors (Lipinski definition) is 2. The molecule has 9 nitrogen and oxygen atoms in total. The van der Waals surface area contributed by atoms with Crippen LogP contribution in [0.4, 0.5) is 4.79 Å². The number of hydrogen-bond acceptors (Lipinski definition) is 6. The van der Waals surface area contributed by atoms with Crippen LogP contribution < -0.4 is 10.6 Å². The molecule has 1 aliphatic carbocycles. The molecule has 2 rings (SSSR count). The maximum atomic E-state index is 12.4. The summed E-state index contributed by atoms with van der Waals surface area (Å²) in [6.45, 7) is 4.90. The fraction of sp³-hybridized carbons (Fsp3) is 0.611. The van der Waals surface area contributed by atoms with Gasteiger partial charge in [-0.1, -0.05) is 26.0 Å². The van der Waals surface area contributed by atoms with Crippen LogP contribution in [0.5, 0.6) is 0 Å². The number of esters is 1. The molecule has 1 fully saturated rings. The number of urea groups is 1. The van der Waals surface area contributed by atoms with Gasteiger partial charge >= 0.3 is 12.0 Å². The minimum atomic E-state index is -1.13. The lowest BCUT2D eigenvalue weighted by molar-refractivity contribution is -0.159. The molecule has 2 aliphatic rings. The van der Waals surface area contributed by atoms with Gasteiger partial charge in [0.1, 0.15) is 6.04 Å². The van der Waals surface area contributed by atoms with Gasteiger partial charge in [0.25, 0.3) is 5.91 Å². The third-order valence-electron chi connectivity index (χ3n) is 4.54. The first kappa shape index (κ1) is 20.6. The highest BCUT2D eigenvalue weighted by Crippen LogP contribution is 2.36. The van der Waals surface area contributed by atoms with Crippen molar-refractivity contribution in [2.45, 2.75) is 39.7 Å². The molecule has 0 unspecified atom stereocenters. The molecule has 0 radical (unpaired) electrons. The highest BCUT2D eigenvalue weighted by Gasteiger charge is 2.50. The molecule has 0 aromatic heterocycles. The zero-order chi connectivity index (χ0) is 20.1. The zero-order valence-corrected chi connectivity index (χ0v) is 15.7. The summed E-state index contributed by atoms with van der Waals surface area (Å²) in [5.74, 6) is -3.11. The fourth-order valence-corrected chi connectivity index (χ4v) is 3.07. The highest BCUT2D eigenvalue weighted by molar-refractivity contribution is 6.08. The standard InChI is InChI=1S/C18H25N3O6/c1-10(2)8-19-18(26)20-14(22)9-27-17(25)11(3)21-15(23)12-6-4-5-7-13(12)16(21)24/h4-5,10-13H,6-9H2,1-3H3,(H2,19,20,22,26)/t11-,12-,13-/m0/s1. The zero-order valence-electron chi connectivity index (χ0n) is 15.7. The first-order valence-electron chi connectivity index (χ1n) is 8.98. The average Bonchev–Trinajstić information content (AvgIpc) is 2.88. The van der Waals surface area contributed by atoms with E-state index in [1.165, 1.54) is 6.92 Å². The lowest BCUT2D eigenvalue weighted by Crippen LogP contribution is -2.46. The maximum Gasteiger partial charge on any atom is 0.329 e. The van der Waals surface area contributed by atoms with Gasteiger partial charge in [0.05, 0.1) is 11.8 Å². The normalized spacial score (nSPS) is 22.4. The summed E-state index contributed by atoms with van der Waals surface area (Å²) in [6.07, 6.45) is 4.66. The van der Waals surface area contributed by atoms with Gasteiger partial charge in [-0.05, 0) is 25.7 Å². The second-order valence-electron chi connectivity index (χ2n) is 7.14. The lowest BCUT2D eigenvalue weighted by atomic mass is 9.85. The molecule has 1 heterocycles. The van der Waals surface area contributed by atoms with Crippen molar-refractivity contribution >= 4 is 29.7 Å². The van der Waals surface area contributed by atoms with Crippen LogP contribution in [-0.2, 0) is 23.9 Å². The van der Waals surface area contributed by atoms with Gasteiger partial charge in [-0.3, -0.25) is 24.6 Å². The predicted octanol–water partition coefficient (Wildman–Crippen LogP) is 0.351. The molecule has 1 aliphatic heterocycles. The third-order valence-corrected chi connectivity index (χ3v) is 4.54. The summed E-state index contributed by atoms with van der Waals surface area (Å²) in [5, 5.41) is 4.53. The quantitative estimate of drug-likeness (QED) is 0.390. The van der Waals surface area contributed by atoms with E-state index in [-0.39, 0.29) is 5.92 Å². The molecule has 0 saturated carbocycles. The fourth-order valence-electron chi connectivity index (χ4n) is 3.07. The van der Waals surface area contributed by atoms with Crippen LogP contribution in [0.1, 0.15) is 33.6 Å². The third kappa shape index (κ3) is 4.93. The van der Waals surface area contributed by atoms with E-state index in [0.29, 0.717) is 19.4 Å². The summed E-state index contributed by atoms with van der Waals surface area (Å²) < 4.78 is 4.86. The highest BCUT2D eigenvalue weighted by atomic mass is 16.5. The Hall–Kier alpha value is -2.71. The first-order chi connectivity index (χ1) is 12.7. The van der Waals surface area contributed by atoms with Gasteiger partial charge in [0.2, 0.25) is 11.8 Å². The number of amides is 5. The molecule has 1 saturated heterocycles. The SMILES string of the molecule is CC(C)CNC(=O)NC(=O)COC(=O)[C@H](C)N1C(=O)[C@H]2CC=CC[C@@H]2C1=O. The van der Waals surface area contributed by atoms with E-state index in [9.17, 15) is 24.0 Å². The number of nitrogens with one attached hydrogen (secondary N) is 2. The average molecular weight is 379 g/mol. The van der Waals surface area contributed by atoms with Crippen LogP contribution in [0.15, 0.2) is 12.2 Å². The summed E-state index contributed by atoms with van der Waals surface area (Å²) in [6, 6.07) is -1.81. The Bertz CT molecular complexity index is 646. The van der Waals surface area contributed by atoms with Gasteiger partial charge in [0, 0.05) is 6.54 Å². The molecule has 0 aromatic carbocycles. The molecular formula is C18H25N3O6. The predicted molar refractivity (Wildman–Crippen MR) is 94.0 cm³/mol. The first-order valence-corrected chi connectivity index (χ1v) is 8.98. The topological polar surface area (TPSA) is 122 Å². The number of nitrogens with zero attached hydrogens (tertiary/aromatic N) is 1. The van der Waals surface area contributed by atoms with E-state index in [0.717, 1.165) is 4.90 Å². The van der Waals surface area contributed by atoms with E-state index < -0.39 is 54.2 Å². The Kier molecular flexibility index (Phi) is 6.70. The van der Waals surface area contributed by atoms with E-state index in [2.05, 4.69) is 5.32 Å². The van der Waals surface area contributed by atoms with E-state index in [1.54, 1.807) is 0 Å². The molecule has 9 heteroatoms. The van der Waals surface area contributed by atoms with Crippen molar-refractivity contribution in [2.75, 3.05) is 13.2 Å². The number of rotatable bonds is 6. The summed E-state index contributed by atoms with van der Waals surface area (Å²) >= 11 is 0. The summed E-state index contributed by atoms with van der Waals surface area (Å²) in [4.78, 5) is 61.1. The van der Waals surface area contributed by atoms with Crippen LogP contribution >= 0.6 is 0 Å². The molecular weight excluding hydrogens is 354 g/mol. The van der Waals surface area contributed by atoms with E-state index in [4.69, 9.17) is 4.74 Å². The van der Waals surface area contributed by atoms with Crippen LogP contribution in [-0.4, -0.2) is 53.8 Å². The second kappa shape index (κ2) is 8.79. The molecule has 0 spiro atoms. The number of likely N-dealkylation sites (tertiary alicyclic amines) is 1. The Morgan fingerprint density at radius 1 is 1.11 bits per heavy atom. The van der Waals surface area contributed by atoms with E-state index >= 15 is 0 Å². The largest absolute Gasteiger partial charge is 0.454 e. The lowest BCUT2D eigenvalue weighted by Gasteiger charge is -2.21. The van der Waals surface area contributed by atoms with Gasteiger partial charge in [-0.25, -0.2) is 9.59 Å². The van der Waals surface area contributed by atoms with Crippen molar-refractivity contribution in [3.05, 3.63) is 12.2 Å². The van der Waals surface area contributed by atoms with E-state index in [1.807, 2.05) is 31.3 Å². The molecule has 2 N–H and O–H groups in total. The van der Waals surface area contributed by atoms with Crippen LogP contribution in [0.2, 0.25) is 0 Å². The molecule has 148 valence electrons.